The first-order valence-electron chi connectivity index (χ1n) is 4.19. The van der Waals surface area contributed by atoms with Crippen molar-refractivity contribution < 1.29 is 4.79 Å². The van der Waals surface area contributed by atoms with Gasteiger partial charge >= 0.3 is 0 Å². The maximum Gasteiger partial charge on any atom is 0.185 e. The molecule has 4 nitrogen and oxygen atoms in total. The number of rotatable bonds is 4. The summed E-state index contributed by atoms with van der Waals surface area (Å²) < 4.78 is 0. The van der Waals surface area contributed by atoms with Gasteiger partial charge < -0.3 is 0 Å². The number of nitrogens with zero attached hydrogens (tertiary/aromatic N) is 3. The van der Waals surface area contributed by atoms with Crippen molar-refractivity contribution >= 4 is 29.1 Å². The zero-order chi connectivity index (χ0) is 11.3. The molecule has 0 aliphatic carbocycles. The van der Waals surface area contributed by atoms with Crippen LogP contribution in [-0.4, -0.2) is 10.1 Å². The van der Waals surface area contributed by atoms with Crippen molar-refractivity contribution in [1.29, 1.82) is 10.5 Å². The maximum absolute atomic E-state index is 10.6. The quantitative estimate of drug-likeness (QED) is 0.808. The smallest absolute Gasteiger partial charge is 0.185 e. The molecule has 0 saturated heterocycles. The van der Waals surface area contributed by atoms with E-state index in [4.69, 9.17) is 10.5 Å². The summed E-state index contributed by atoms with van der Waals surface area (Å²) in [6.07, 6.45) is 1.63. The van der Waals surface area contributed by atoms with Gasteiger partial charge in [-0.1, -0.05) is 0 Å². The predicted octanol–water partition coefficient (Wildman–Crippen LogP) is 1.67. The molecule has 6 heteroatoms. The summed E-state index contributed by atoms with van der Waals surface area (Å²) >= 11 is 4.85. The molecule has 0 aliphatic rings. The minimum atomic E-state index is -0.160. The lowest BCUT2D eigenvalue weighted by Crippen LogP contribution is -1.90. The van der Waals surface area contributed by atoms with Crippen molar-refractivity contribution in [2.24, 2.45) is 0 Å². The van der Waals surface area contributed by atoms with Crippen LogP contribution in [0.4, 0.5) is 0 Å². The van der Waals surface area contributed by atoms with Gasteiger partial charge in [-0.25, -0.2) is 4.98 Å². The number of hydrogen-bond donors (Lipinski definition) is 1. The highest BCUT2D eigenvalue weighted by Gasteiger charge is 2.09. The second-order valence-electron chi connectivity index (χ2n) is 2.76. The van der Waals surface area contributed by atoms with Crippen molar-refractivity contribution in [3.8, 4) is 12.1 Å². The van der Waals surface area contributed by atoms with Crippen LogP contribution in [0.25, 0.3) is 0 Å². The first-order chi connectivity index (χ1) is 7.17. The van der Waals surface area contributed by atoms with Gasteiger partial charge in [-0.15, -0.1) is 24.0 Å². The largest absolute Gasteiger partial charge is 0.288 e. The van der Waals surface area contributed by atoms with Crippen LogP contribution in [0.15, 0.2) is 0 Å². The fraction of sp³-hybridized carbons (Fsp3) is 0.333. The zero-order valence-corrected chi connectivity index (χ0v) is 9.44. The Kier molecular flexibility index (Phi) is 4.29. The minimum absolute atomic E-state index is 0.160. The summed E-state index contributed by atoms with van der Waals surface area (Å²) in [5.41, 5.74) is 0.176. The monoisotopic (exact) mass is 237 g/mol. The highest BCUT2D eigenvalue weighted by Crippen LogP contribution is 2.18. The van der Waals surface area contributed by atoms with Crippen molar-refractivity contribution in [3.63, 3.8) is 0 Å². The van der Waals surface area contributed by atoms with E-state index in [9.17, 15) is 4.79 Å². The molecule has 0 fully saturated rings. The Labute approximate surface area is 96.6 Å². The number of thiol groups is 1. The average Bonchev–Trinajstić information content (AvgIpc) is 2.59. The van der Waals surface area contributed by atoms with Crippen LogP contribution in [0, 0.1) is 22.7 Å². The van der Waals surface area contributed by atoms with Crippen LogP contribution in [0.3, 0.4) is 0 Å². The van der Waals surface area contributed by atoms with Gasteiger partial charge in [0.2, 0.25) is 0 Å². The fourth-order valence-electron chi connectivity index (χ4n) is 1.01. The van der Waals surface area contributed by atoms with Crippen molar-refractivity contribution in [1.82, 2.24) is 4.98 Å². The van der Waals surface area contributed by atoms with E-state index in [1.165, 1.54) is 11.3 Å². The van der Waals surface area contributed by atoms with E-state index in [0.717, 1.165) is 5.01 Å². The molecule has 0 amide bonds. The Morgan fingerprint density at radius 3 is 2.67 bits per heavy atom. The molecule has 0 aliphatic heterocycles. The molecular formula is C9H7N3OS2. The SMILES string of the molecule is N#Cc1nc(CCCC(=O)S)sc1C#N. The molecular weight excluding hydrogens is 230 g/mol. The van der Waals surface area contributed by atoms with Gasteiger partial charge in [-0.2, -0.15) is 10.5 Å². The molecule has 0 unspecified atom stereocenters. The molecule has 1 aromatic rings. The number of hydrogen-bond acceptors (Lipinski definition) is 5. The number of aryl methyl sites for hydroxylation is 1. The second-order valence-corrected chi connectivity index (χ2v) is 4.34. The predicted molar refractivity (Wildman–Crippen MR) is 58.5 cm³/mol. The van der Waals surface area contributed by atoms with Gasteiger partial charge in [0, 0.05) is 6.42 Å². The third kappa shape index (κ3) is 3.35. The molecule has 0 N–H and O–H groups in total. The van der Waals surface area contributed by atoms with Gasteiger partial charge in [-0.05, 0) is 12.8 Å². The van der Waals surface area contributed by atoms with Gasteiger partial charge in [0.05, 0.1) is 5.01 Å². The van der Waals surface area contributed by atoms with Gasteiger partial charge in [0.1, 0.15) is 17.0 Å². The molecule has 0 bridgehead atoms. The van der Waals surface area contributed by atoms with Crippen LogP contribution in [0.5, 0.6) is 0 Å². The molecule has 0 saturated carbocycles. The summed E-state index contributed by atoms with van der Waals surface area (Å²) in [7, 11) is 0. The Balaban J connectivity index is 2.64. The second kappa shape index (κ2) is 5.50. The van der Waals surface area contributed by atoms with Gasteiger partial charge in [-0.3, -0.25) is 4.79 Å². The average molecular weight is 237 g/mol. The number of thiazole rings is 1. The third-order valence-electron chi connectivity index (χ3n) is 1.66. The highest BCUT2D eigenvalue weighted by atomic mass is 32.1. The van der Waals surface area contributed by atoms with Crippen molar-refractivity contribution in [2.45, 2.75) is 19.3 Å². The Hall–Kier alpha value is -1.37. The van der Waals surface area contributed by atoms with Gasteiger partial charge in [0.25, 0.3) is 0 Å². The fourth-order valence-corrected chi connectivity index (χ4v) is 2.02. The van der Waals surface area contributed by atoms with Crippen molar-refractivity contribution in [3.05, 3.63) is 15.6 Å². The Morgan fingerprint density at radius 2 is 2.20 bits per heavy atom. The minimum Gasteiger partial charge on any atom is -0.288 e. The van der Waals surface area contributed by atoms with E-state index in [0.29, 0.717) is 24.1 Å². The summed E-state index contributed by atoms with van der Waals surface area (Å²) in [5.74, 6) is 0. The zero-order valence-electron chi connectivity index (χ0n) is 7.73. The lowest BCUT2D eigenvalue weighted by Gasteiger charge is -1.92. The first-order valence-corrected chi connectivity index (χ1v) is 5.45. The maximum atomic E-state index is 10.6. The molecule has 1 aromatic heterocycles. The summed E-state index contributed by atoms with van der Waals surface area (Å²) in [5, 5.41) is 17.9. The van der Waals surface area contributed by atoms with E-state index in [2.05, 4.69) is 17.6 Å². The van der Waals surface area contributed by atoms with Crippen LogP contribution in [-0.2, 0) is 11.2 Å². The van der Waals surface area contributed by atoms with E-state index >= 15 is 0 Å². The van der Waals surface area contributed by atoms with Crippen molar-refractivity contribution in [2.75, 3.05) is 0 Å². The Morgan fingerprint density at radius 1 is 1.47 bits per heavy atom. The number of carbonyl (C=O) groups excluding carboxylic acids is 1. The molecule has 76 valence electrons. The van der Waals surface area contributed by atoms with Crippen LogP contribution >= 0.6 is 24.0 Å². The van der Waals surface area contributed by atoms with E-state index < -0.39 is 0 Å². The van der Waals surface area contributed by atoms with E-state index in [-0.39, 0.29) is 10.8 Å². The molecule has 0 aromatic carbocycles. The molecule has 0 spiro atoms. The molecule has 1 heterocycles. The standard InChI is InChI=1S/C9H7N3OS2/c10-4-6-7(5-11)15-8(12-6)2-1-3-9(13)14/h1-3H2,(H,13,14). The number of aromatic nitrogens is 1. The Bertz CT molecular complexity index is 421. The van der Waals surface area contributed by atoms with Crippen LogP contribution < -0.4 is 0 Å². The lowest BCUT2D eigenvalue weighted by molar-refractivity contribution is -0.110. The summed E-state index contributed by atoms with van der Waals surface area (Å²) in [6, 6.07) is 3.78. The normalized spacial score (nSPS) is 9.27. The van der Waals surface area contributed by atoms with Crippen LogP contribution in [0.2, 0.25) is 0 Å². The van der Waals surface area contributed by atoms with Crippen LogP contribution in [0.1, 0.15) is 28.4 Å². The third-order valence-corrected chi connectivity index (χ3v) is 2.90. The van der Waals surface area contributed by atoms with Gasteiger partial charge in [0.15, 0.2) is 10.8 Å². The highest BCUT2D eigenvalue weighted by molar-refractivity contribution is 7.96. The molecule has 0 atom stereocenters. The summed E-state index contributed by atoms with van der Waals surface area (Å²) in [6.45, 7) is 0. The number of nitriles is 2. The molecule has 0 radical (unpaired) electrons. The molecule has 1 rings (SSSR count). The lowest BCUT2D eigenvalue weighted by atomic mass is 10.2. The number of carbonyl (C=O) groups is 1. The topological polar surface area (TPSA) is 77.5 Å². The first kappa shape index (κ1) is 11.7. The van der Waals surface area contributed by atoms with E-state index in [1.54, 1.807) is 0 Å². The molecule has 15 heavy (non-hydrogen) atoms. The van der Waals surface area contributed by atoms with E-state index in [1.807, 2.05) is 12.1 Å². The summed E-state index contributed by atoms with van der Waals surface area (Å²) in [4.78, 5) is 14.9.